The van der Waals surface area contributed by atoms with Crippen LogP contribution in [-0.4, -0.2) is 57.8 Å². The van der Waals surface area contributed by atoms with Crippen LogP contribution in [0, 0.1) is 5.92 Å². The van der Waals surface area contributed by atoms with Crippen LogP contribution in [0.5, 0.6) is 11.5 Å². The first kappa shape index (κ1) is 29.1. The lowest BCUT2D eigenvalue weighted by Gasteiger charge is -2.29. The SMILES string of the molecule is COc1cccc2c1[C@@H]1CN(CCCCn3c(=O)[nH]c4c(sc5ncc(-c6ccoc6)nc54)c3=O)C[C@@H]1CO2.Cl.Cl. The van der Waals surface area contributed by atoms with E-state index in [1.54, 1.807) is 31.9 Å². The molecule has 0 spiro atoms. The number of nitrogens with one attached hydrogen (secondary N) is 1. The zero-order valence-electron chi connectivity index (χ0n) is 22.2. The summed E-state index contributed by atoms with van der Waals surface area (Å²) in [7, 11) is 1.71. The molecule has 2 atom stereocenters. The number of rotatable bonds is 7. The van der Waals surface area contributed by atoms with Gasteiger partial charge in [0.1, 0.15) is 26.5 Å². The number of hydrogen-bond donors (Lipinski definition) is 1. The molecular formula is C28H29Cl2N5O5S. The van der Waals surface area contributed by atoms with Crippen LogP contribution in [0.15, 0.2) is 57.0 Å². The molecular weight excluding hydrogens is 589 g/mol. The van der Waals surface area contributed by atoms with Crippen LogP contribution in [0.2, 0.25) is 0 Å². The van der Waals surface area contributed by atoms with E-state index in [0.29, 0.717) is 51.2 Å². The monoisotopic (exact) mass is 617 g/mol. The summed E-state index contributed by atoms with van der Waals surface area (Å²) >= 11 is 1.25. The number of halogens is 2. The Kier molecular flexibility index (Phi) is 8.42. The molecule has 0 amide bonds. The number of aromatic nitrogens is 4. The van der Waals surface area contributed by atoms with Gasteiger partial charge in [0.05, 0.1) is 43.7 Å². The number of ether oxygens (including phenoxy) is 2. The predicted molar refractivity (Wildman–Crippen MR) is 162 cm³/mol. The molecule has 1 fully saturated rings. The number of thiophene rings is 1. The first-order valence-corrected chi connectivity index (χ1v) is 13.9. The average molecular weight is 619 g/mol. The van der Waals surface area contributed by atoms with Crippen LogP contribution >= 0.6 is 36.2 Å². The maximum absolute atomic E-state index is 13.3. The Morgan fingerprint density at radius 2 is 2.00 bits per heavy atom. The van der Waals surface area contributed by atoms with Crippen LogP contribution in [0.25, 0.3) is 31.8 Å². The molecule has 1 saturated heterocycles. The van der Waals surface area contributed by atoms with Crippen molar-refractivity contribution < 1.29 is 13.9 Å². The van der Waals surface area contributed by atoms with Gasteiger partial charge in [-0.2, -0.15) is 0 Å². The molecule has 1 N–H and O–H groups in total. The van der Waals surface area contributed by atoms with Gasteiger partial charge in [-0.15, -0.1) is 36.2 Å². The van der Waals surface area contributed by atoms with Crippen molar-refractivity contribution >= 4 is 56.7 Å². The topological polar surface area (TPSA) is 115 Å². The maximum Gasteiger partial charge on any atom is 0.328 e. The van der Waals surface area contributed by atoms with Crippen LogP contribution < -0.4 is 20.7 Å². The van der Waals surface area contributed by atoms with E-state index in [2.05, 4.69) is 19.9 Å². The van der Waals surface area contributed by atoms with Crippen LogP contribution in [0.4, 0.5) is 0 Å². The van der Waals surface area contributed by atoms with E-state index in [9.17, 15) is 9.59 Å². The third-order valence-electron chi connectivity index (χ3n) is 7.83. The Morgan fingerprint density at radius 1 is 1.15 bits per heavy atom. The van der Waals surface area contributed by atoms with Gasteiger partial charge in [0.25, 0.3) is 5.56 Å². The lowest BCUT2D eigenvalue weighted by molar-refractivity contribution is 0.209. The summed E-state index contributed by atoms with van der Waals surface area (Å²) in [6, 6.07) is 7.78. The maximum atomic E-state index is 13.3. The molecule has 13 heteroatoms. The fourth-order valence-electron chi connectivity index (χ4n) is 5.91. The number of nitrogens with zero attached hydrogens (tertiary/aromatic N) is 4. The number of furan rings is 1. The summed E-state index contributed by atoms with van der Waals surface area (Å²) in [5, 5.41) is 0. The summed E-state index contributed by atoms with van der Waals surface area (Å²) in [4.78, 5) is 41.3. The third kappa shape index (κ3) is 5.12. The van der Waals surface area contributed by atoms with Crippen molar-refractivity contribution in [3.8, 4) is 22.8 Å². The van der Waals surface area contributed by atoms with Gasteiger partial charge >= 0.3 is 5.69 Å². The number of aromatic amines is 1. The number of benzene rings is 1. The minimum Gasteiger partial charge on any atom is -0.496 e. The first-order chi connectivity index (χ1) is 19.1. The fourth-order valence-corrected chi connectivity index (χ4v) is 6.90. The van der Waals surface area contributed by atoms with E-state index in [4.69, 9.17) is 13.9 Å². The van der Waals surface area contributed by atoms with Gasteiger partial charge in [-0.25, -0.2) is 14.8 Å². The van der Waals surface area contributed by atoms with Crippen molar-refractivity contribution in [1.29, 1.82) is 0 Å². The molecule has 216 valence electrons. The number of unbranched alkanes of at least 4 members (excludes halogenated alkanes) is 1. The minimum atomic E-state index is -0.421. The molecule has 0 aliphatic carbocycles. The molecule has 1 aromatic carbocycles. The van der Waals surface area contributed by atoms with Gasteiger partial charge < -0.3 is 23.8 Å². The second-order valence-corrected chi connectivity index (χ2v) is 11.1. The molecule has 0 radical (unpaired) electrons. The highest BCUT2D eigenvalue weighted by Crippen LogP contribution is 2.46. The number of hydrogen-bond acceptors (Lipinski definition) is 9. The highest BCUT2D eigenvalue weighted by molar-refractivity contribution is 7.25. The predicted octanol–water partition coefficient (Wildman–Crippen LogP) is 4.69. The largest absolute Gasteiger partial charge is 0.496 e. The lowest BCUT2D eigenvalue weighted by atomic mass is 9.86. The highest BCUT2D eigenvalue weighted by atomic mass is 35.5. The smallest absolute Gasteiger partial charge is 0.328 e. The standard InChI is InChI=1S/C28H27N5O5S.2ClH/c1-36-20-5-4-6-21-22(20)18-13-32(12-17(18)15-38-21)8-2-3-9-33-27(34)25-23(31-28(33)35)24-26(39-25)29-11-19(30-24)16-7-10-37-14-16;;/h4-7,10-11,14,17-18H,2-3,8-9,12-13,15H2,1H3,(H,31,35);2*1H/t17-,18-;;/m1../s1. The van der Waals surface area contributed by atoms with E-state index >= 15 is 0 Å². The van der Waals surface area contributed by atoms with E-state index < -0.39 is 5.69 Å². The van der Waals surface area contributed by atoms with Crippen molar-refractivity contribution in [3.63, 3.8) is 0 Å². The minimum absolute atomic E-state index is 0. The van der Waals surface area contributed by atoms with E-state index in [1.165, 1.54) is 21.5 Å². The van der Waals surface area contributed by atoms with Gasteiger partial charge in [0.15, 0.2) is 0 Å². The van der Waals surface area contributed by atoms with Gasteiger partial charge in [0.2, 0.25) is 0 Å². The number of H-pyrrole nitrogens is 1. The lowest BCUT2D eigenvalue weighted by Crippen LogP contribution is -2.34. The molecule has 5 aromatic rings. The van der Waals surface area contributed by atoms with Crippen molar-refractivity contribution in [2.24, 2.45) is 5.92 Å². The Morgan fingerprint density at radius 3 is 2.80 bits per heavy atom. The molecule has 7 rings (SSSR count). The molecule has 4 aromatic heterocycles. The van der Waals surface area contributed by atoms with E-state index in [0.717, 1.165) is 49.5 Å². The summed E-state index contributed by atoms with van der Waals surface area (Å²) in [5.74, 6) is 2.64. The summed E-state index contributed by atoms with van der Waals surface area (Å²) in [6.07, 6.45) is 6.40. The quantitative estimate of drug-likeness (QED) is 0.261. The van der Waals surface area contributed by atoms with Crippen molar-refractivity contribution in [2.75, 3.05) is 33.4 Å². The molecule has 6 heterocycles. The molecule has 10 nitrogen and oxygen atoms in total. The van der Waals surface area contributed by atoms with Gasteiger partial charge in [-0.05, 0) is 37.6 Å². The van der Waals surface area contributed by atoms with Crippen LogP contribution in [0.3, 0.4) is 0 Å². The second-order valence-electron chi connectivity index (χ2n) is 10.1. The first-order valence-electron chi connectivity index (χ1n) is 13.1. The van der Waals surface area contributed by atoms with Gasteiger partial charge in [-0.3, -0.25) is 9.36 Å². The zero-order valence-corrected chi connectivity index (χ0v) is 24.7. The molecule has 2 aliphatic rings. The number of likely N-dealkylation sites (tertiary alicyclic amines) is 1. The van der Waals surface area contributed by atoms with Crippen molar-refractivity contribution in [2.45, 2.75) is 25.3 Å². The molecule has 0 unspecified atom stereocenters. The summed E-state index contributed by atoms with van der Waals surface area (Å²) in [6.45, 7) is 3.90. The molecule has 0 saturated carbocycles. The average Bonchev–Trinajstić information content (AvgIpc) is 3.71. The normalized spacial score (nSPS) is 17.9. The van der Waals surface area contributed by atoms with Crippen LogP contribution in [-0.2, 0) is 6.54 Å². The zero-order chi connectivity index (χ0) is 26.5. The summed E-state index contributed by atoms with van der Waals surface area (Å²) < 4.78 is 18.6. The van der Waals surface area contributed by atoms with Crippen molar-refractivity contribution in [1.82, 2.24) is 24.4 Å². The Bertz CT molecular complexity index is 1790. The molecule has 0 bridgehead atoms. The summed E-state index contributed by atoms with van der Waals surface area (Å²) in [5.41, 5.74) is 2.83. The Labute approximate surface area is 251 Å². The number of fused-ring (bicyclic) bond motifs is 6. The van der Waals surface area contributed by atoms with Gasteiger partial charge in [-0.1, -0.05) is 6.07 Å². The second kappa shape index (κ2) is 11.8. The Balaban J connectivity index is 0.00000169. The Hall–Kier alpha value is -3.38. The van der Waals surface area contributed by atoms with Crippen molar-refractivity contribution in [3.05, 3.63) is 69.4 Å². The highest BCUT2D eigenvalue weighted by Gasteiger charge is 2.40. The third-order valence-corrected chi connectivity index (χ3v) is 8.90. The van der Waals surface area contributed by atoms with E-state index in [-0.39, 0.29) is 30.4 Å². The van der Waals surface area contributed by atoms with Gasteiger partial charge in [0, 0.05) is 42.6 Å². The van der Waals surface area contributed by atoms with E-state index in [1.807, 2.05) is 18.2 Å². The molecule has 41 heavy (non-hydrogen) atoms. The molecule has 2 aliphatic heterocycles. The van der Waals surface area contributed by atoms with Crippen LogP contribution in [0.1, 0.15) is 24.3 Å². The fraction of sp³-hybridized carbons (Fsp3) is 0.357. The number of methoxy groups -OCH3 is 1.